The van der Waals surface area contributed by atoms with E-state index in [0.29, 0.717) is 16.8 Å². The average molecular weight is 312 g/mol. The van der Waals surface area contributed by atoms with Crippen LogP contribution in [-0.4, -0.2) is 21.7 Å². The van der Waals surface area contributed by atoms with E-state index in [9.17, 15) is 9.59 Å². The molecule has 23 heavy (non-hydrogen) atoms. The summed E-state index contributed by atoms with van der Waals surface area (Å²) in [4.78, 5) is 24.1. The van der Waals surface area contributed by atoms with Gasteiger partial charge in [0, 0.05) is 18.1 Å². The Morgan fingerprint density at radius 3 is 2.52 bits per heavy atom. The van der Waals surface area contributed by atoms with Crippen LogP contribution in [-0.2, 0) is 17.6 Å². The zero-order valence-electron chi connectivity index (χ0n) is 13.7. The van der Waals surface area contributed by atoms with Crippen LogP contribution in [0.1, 0.15) is 52.5 Å². The third kappa shape index (κ3) is 2.91. The summed E-state index contributed by atoms with van der Waals surface area (Å²) in [5.41, 5.74) is 4.50. The molecule has 0 atom stereocenters. The van der Waals surface area contributed by atoms with E-state index < -0.39 is 5.97 Å². The van der Waals surface area contributed by atoms with Gasteiger partial charge in [-0.25, -0.2) is 0 Å². The van der Waals surface area contributed by atoms with Crippen LogP contribution in [0.3, 0.4) is 0 Å². The number of aromatic nitrogens is 2. The molecule has 0 aliphatic heterocycles. The highest BCUT2D eigenvalue weighted by Gasteiger charge is 2.22. The molecule has 0 radical (unpaired) electrons. The van der Waals surface area contributed by atoms with E-state index in [4.69, 9.17) is 4.74 Å². The minimum absolute atomic E-state index is 0.206. The van der Waals surface area contributed by atoms with Crippen molar-refractivity contribution in [2.45, 2.75) is 46.5 Å². The van der Waals surface area contributed by atoms with Gasteiger partial charge >= 0.3 is 5.97 Å². The van der Waals surface area contributed by atoms with Crippen LogP contribution in [0.2, 0.25) is 0 Å². The van der Waals surface area contributed by atoms with E-state index in [2.05, 4.69) is 5.10 Å². The van der Waals surface area contributed by atoms with Gasteiger partial charge in [-0.3, -0.25) is 9.59 Å². The summed E-state index contributed by atoms with van der Waals surface area (Å²) in [6.45, 7) is 4.89. The van der Waals surface area contributed by atoms with E-state index >= 15 is 0 Å². The fourth-order valence-corrected chi connectivity index (χ4v) is 2.97. The van der Waals surface area contributed by atoms with E-state index in [1.165, 1.54) is 29.2 Å². The topological polar surface area (TPSA) is 61.2 Å². The first-order valence-corrected chi connectivity index (χ1v) is 7.88. The second-order valence-corrected chi connectivity index (χ2v) is 6.02. The molecular formula is C18H20N2O3. The smallest absolute Gasteiger partial charge is 0.309 e. The molecule has 1 aromatic carbocycles. The van der Waals surface area contributed by atoms with Gasteiger partial charge in [0.15, 0.2) is 0 Å². The number of ether oxygens (including phenoxy) is 1. The quantitative estimate of drug-likeness (QED) is 0.800. The Morgan fingerprint density at radius 2 is 1.83 bits per heavy atom. The molecule has 0 saturated heterocycles. The van der Waals surface area contributed by atoms with Crippen LogP contribution in [0.25, 0.3) is 0 Å². The zero-order valence-corrected chi connectivity index (χ0v) is 13.7. The molecule has 1 aliphatic carbocycles. The van der Waals surface area contributed by atoms with Crippen molar-refractivity contribution in [3.05, 3.63) is 46.1 Å². The van der Waals surface area contributed by atoms with Gasteiger partial charge in [-0.1, -0.05) is 6.07 Å². The fraction of sp³-hybridized carbons (Fsp3) is 0.389. The van der Waals surface area contributed by atoms with Crippen LogP contribution in [0, 0.1) is 13.8 Å². The minimum Gasteiger partial charge on any atom is -0.407 e. The molecule has 0 N–H and O–H groups in total. The van der Waals surface area contributed by atoms with E-state index in [-0.39, 0.29) is 11.8 Å². The number of benzene rings is 1. The maximum absolute atomic E-state index is 12.8. The van der Waals surface area contributed by atoms with Gasteiger partial charge in [-0.2, -0.15) is 9.78 Å². The fourth-order valence-electron chi connectivity index (χ4n) is 2.97. The van der Waals surface area contributed by atoms with Crippen LogP contribution in [0.5, 0.6) is 5.88 Å². The normalized spacial score (nSPS) is 13.5. The predicted octanol–water partition coefficient (Wildman–Crippen LogP) is 2.99. The van der Waals surface area contributed by atoms with Crippen LogP contribution in [0.4, 0.5) is 0 Å². The zero-order chi connectivity index (χ0) is 16.6. The highest BCUT2D eigenvalue weighted by Crippen LogP contribution is 2.25. The number of hydrogen-bond donors (Lipinski definition) is 0. The van der Waals surface area contributed by atoms with Gasteiger partial charge < -0.3 is 4.74 Å². The molecule has 0 saturated carbocycles. The summed E-state index contributed by atoms with van der Waals surface area (Å²) in [6, 6.07) is 5.80. The highest BCUT2D eigenvalue weighted by molar-refractivity contribution is 5.97. The Labute approximate surface area is 135 Å². The number of fused-ring (bicyclic) bond motifs is 1. The maximum atomic E-state index is 12.8. The van der Waals surface area contributed by atoms with Crippen molar-refractivity contribution in [2.24, 2.45) is 0 Å². The Morgan fingerprint density at radius 1 is 1.13 bits per heavy atom. The molecule has 3 rings (SSSR count). The largest absolute Gasteiger partial charge is 0.407 e. The molecule has 0 spiro atoms. The SMILES string of the molecule is CC(=O)Oc1c(C)c(C)nn1C(=O)c1ccc2c(c1)CCCC2. The Hall–Kier alpha value is -2.43. The molecular weight excluding hydrogens is 292 g/mol. The summed E-state index contributed by atoms with van der Waals surface area (Å²) in [5.74, 6) is -0.531. The molecule has 1 aromatic heterocycles. The number of esters is 1. The van der Waals surface area contributed by atoms with Crippen molar-refractivity contribution in [3.8, 4) is 5.88 Å². The number of nitrogens with zero attached hydrogens (tertiary/aromatic N) is 2. The number of carbonyl (C=O) groups is 2. The lowest BCUT2D eigenvalue weighted by molar-refractivity contribution is -0.132. The summed E-state index contributed by atoms with van der Waals surface area (Å²) in [7, 11) is 0. The molecule has 0 bridgehead atoms. The van der Waals surface area contributed by atoms with Crippen molar-refractivity contribution < 1.29 is 14.3 Å². The molecule has 0 unspecified atom stereocenters. The van der Waals surface area contributed by atoms with Gasteiger partial charge in [0.05, 0.1) is 5.69 Å². The molecule has 2 aromatic rings. The summed E-state index contributed by atoms with van der Waals surface area (Å²) in [6.07, 6.45) is 4.44. The third-order valence-corrected chi connectivity index (χ3v) is 4.33. The first kappa shape index (κ1) is 15.5. The first-order valence-electron chi connectivity index (χ1n) is 7.88. The van der Waals surface area contributed by atoms with Gasteiger partial charge in [-0.05, 0) is 62.8 Å². The average Bonchev–Trinajstić information content (AvgIpc) is 2.81. The van der Waals surface area contributed by atoms with Crippen molar-refractivity contribution >= 4 is 11.9 Å². The van der Waals surface area contributed by atoms with Crippen LogP contribution in [0.15, 0.2) is 18.2 Å². The summed E-state index contributed by atoms with van der Waals surface area (Å²) in [5, 5.41) is 4.24. The standard InChI is InChI=1S/C18H20N2O3/c1-11-12(2)19-20(18(11)23-13(3)21)17(22)16-9-8-14-6-4-5-7-15(14)10-16/h8-10H,4-7H2,1-3H3. The number of rotatable bonds is 2. The minimum atomic E-state index is -0.465. The Kier molecular flexibility index (Phi) is 4.03. The second kappa shape index (κ2) is 5.99. The van der Waals surface area contributed by atoms with Gasteiger partial charge in [0.1, 0.15) is 0 Å². The first-order chi connectivity index (χ1) is 11.0. The van der Waals surface area contributed by atoms with E-state index in [1.807, 2.05) is 18.2 Å². The highest BCUT2D eigenvalue weighted by atomic mass is 16.5. The van der Waals surface area contributed by atoms with E-state index in [1.54, 1.807) is 13.8 Å². The summed E-state index contributed by atoms with van der Waals surface area (Å²) < 4.78 is 6.38. The Bertz CT molecular complexity index is 790. The molecule has 0 amide bonds. The maximum Gasteiger partial charge on any atom is 0.309 e. The van der Waals surface area contributed by atoms with Gasteiger partial charge in [-0.15, -0.1) is 0 Å². The molecule has 5 nitrogen and oxygen atoms in total. The molecule has 120 valence electrons. The van der Waals surface area contributed by atoms with E-state index in [0.717, 1.165) is 19.3 Å². The lowest BCUT2D eigenvalue weighted by atomic mass is 9.90. The number of aryl methyl sites for hydroxylation is 3. The third-order valence-electron chi connectivity index (χ3n) is 4.33. The van der Waals surface area contributed by atoms with Gasteiger partial charge in [0.25, 0.3) is 5.91 Å². The van der Waals surface area contributed by atoms with Crippen molar-refractivity contribution in [3.63, 3.8) is 0 Å². The van der Waals surface area contributed by atoms with Crippen molar-refractivity contribution in [2.75, 3.05) is 0 Å². The van der Waals surface area contributed by atoms with Crippen molar-refractivity contribution in [1.29, 1.82) is 0 Å². The number of hydrogen-bond acceptors (Lipinski definition) is 4. The molecule has 1 aliphatic rings. The second-order valence-electron chi connectivity index (χ2n) is 6.02. The lowest BCUT2D eigenvalue weighted by Gasteiger charge is -2.16. The molecule has 5 heteroatoms. The Balaban J connectivity index is 2.00. The molecule has 0 fully saturated rings. The predicted molar refractivity (Wildman–Crippen MR) is 85.8 cm³/mol. The number of carbonyl (C=O) groups excluding carboxylic acids is 2. The lowest BCUT2D eigenvalue weighted by Crippen LogP contribution is -2.18. The monoisotopic (exact) mass is 312 g/mol. The summed E-state index contributed by atoms with van der Waals surface area (Å²) >= 11 is 0. The van der Waals surface area contributed by atoms with Crippen LogP contribution >= 0.6 is 0 Å². The van der Waals surface area contributed by atoms with Gasteiger partial charge in [0.2, 0.25) is 5.88 Å². The molecule has 1 heterocycles. The van der Waals surface area contributed by atoms with Crippen molar-refractivity contribution in [1.82, 2.24) is 9.78 Å². The van der Waals surface area contributed by atoms with Crippen LogP contribution < -0.4 is 4.74 Å².